The Balaban J connectivity index is 1.86. The van der Waals surface area contributed by atoms with Crippen molar-refractivity contribution >= 4 is 17.1 Å². The number of carbonyl (C=O) groups is 1. The van der Waals surface area contributed by atoms with Gasteiger partial charge in [-0.05, 0) is 44.4 Å². The lowest BCUT2D eigenvalue weighted by molar-refractivity contribution is 0.0907. The fraction of sp³-hybridized carbons (Fsp3) is 0.583. The molecule has 1 saturated heterocycles. The summed E-state index contributed by atoms with van der Waals surface area (Å²) in [6.07, 6.45) is 2.29. The van der Waals surface area contributed by atoms with Gasteiger partial charge >= 0.3 is 0 Å². The molecule has 1 N–H and O–H groups in total. The zero-order valence-corrected chi connectivity index (χ0v) is 10.4. The number of Topliss-reactive ketones (excluding diaryl/α,β-unsaturated/α-hetero) is 1. The maximum atomic E-state index is 11.9. The van der Waals surface area contributed by atoms with E-state index in [4.69, 9.17) is 0 Å². The van der Waals surface area contributed by atoms with Gasteiger partial charge in [0.25, 0.3) is 0 Å². The summed E-state index contributed by atoms with van der Waals surface area (Å²) in [6, 6.07) is 4.40. The highest BCUT2D eigenvalue weighted by molar-refractivity contribution is 7.12. The van der Waals surface area contributed by atoms with E-state index in [1.54, 1.807) is 0 Å². The Labute approximate surface area is 100 Å². The van der Waals surface area contributed by atoms with E-state index < -0.39 is 0 Å². The van der Waals surface area contributed by atoms with Crippen molar-refractivity contribution in [1.82, 2.24) is 10.2 Å². The third-order valence-electron chi connectivity index (χ3n) is 3.12. The molecule has 0 atom stereocenters. The van der Waals surface area contributed by atoms with Gasteiger partial charge in [0.05, 0.1) is 11.4 Å². The van der Waals surface area contributed by atoms with Crippen LogP contribution in [0.2, 0.25) is 0 Å². The number of ketones is 1. The van der Waals surface area contributed by atoms with Crippen molar-refractivity contribution in [1.29, 1.82) is 0 Å². The van der Waals surface area contributed by atoms with Crippen molar-refractivity contribution in [2.45, 2.75) is 18.9 Å². The van der Waals surface area contributed by atoms with E-state index in [1.807, 2.05) is 17.5 Å². The summed E-state index contributed by atoms with van der Waals surface area (Å²) in [5.41, 5.74) is 0. The Bertz CT molecular complexity index is 331. The number of nitrogens with zero attached hydrogens (tertiary/aromatic N) is 1. The van der Waals surface area contributed by atoms with Crippen LogP contribution in [0.5, 0.6) is 0 Å². The molecule has 2 rings (SSSR count). The van der Waals surface area contributed by atoms with E-state index in [0.29, 0.717) is 12.6 Å². The maximum absolute atomic E-state index is 11.9. The number of rotatable bonds is 4. The van der Waals surface area contributed by atoms with Gasteiger partial charge in [-0.2, -0.15) is 0 Å². The molecule has 1 fully saturated rings. The minimum atomic E-state index is 0.246. The first-order valence-electron chi connectivity index (χ1n) is 5.75. The molecule has 88 valence electrons. The standard InChI is InChI=1S/C12H18N2OS/c1-14(10-4-6-13-7-5-10)9-11(15)12-3-2-8-16-12/h2-3,8,10,13H,4-7,9H2,1H3. The highest BCUT2D eigenvalue weighted by Crippen LogP contribution is 2.13. The zero-order chi connectivity index (χ0) is 11.4. The number of piperidine rings is 1. The van der Waals surface area contributed by atoms with Crippen molar-refractivity contribution < 1.29 is 4.79 Å². The summed E-state index contributed by atoms with van der Waals surface area (Å²) in [4.78, 5) is 15.0. The second kappa shape index (κ2) is 5.57. The number of hydrogen-bond donors (Lipinski definition) is 1. The SMILES string of the molecule is CN(CC(=O)c1cccs1)C1CCNCC1. The molecule has 0 amide bonds. The van der Waals surface area contributed by atoms with E-state index in [2.05, 4.69) is 17.3 Å². The van der Waals surface area contributed by atoms with Crippen LogP contribution in [0, 0.1) is 0 Å². The molecule has 0 spiro atoms. The van der Waals surface area contributed by atoms with Crippen LogP contribution in [0.1, 0.15) is 22.5 Å². The number of carbonyl (C=O) groups excluding carboxylic acids is 1. The number of hydrogen-bond acceptors (Lipinski definition) is 4. The molecule has 0 bridgehead atoms. The Hall–Kier alpha value is -0.710. The lowest BCUT2D eigenvalue weighted by Crippen LogP contribution is -2.43. The minimum absolute atomic E-state index is 0.246. The lowest BCUT2D eigenvalue weighted by atomic mass is 10.1. The van der Waals surface area contributed by atoms with E-state index in [1.165, 1.54) is 11.3 Å². The molecule has 1 aromatic heterocycles. The zero-order valence-electron chi connectivity index (χ0n) is 9.61. The van der Waals surface area contributed by atoms with Gasteiger partial charge in [-0.25, -0.2) is 0 Å². The maximum Gasteiger partial charge on any atom is 0.186 e. The molecule has 1 aliphatic heterocycles. The predicted octanol–water partition coefficient (Wildman–Crippen LogP) is 1.61. The molecule has 1 aliphatic rings. The first-order valence-corrected chi connectivity index (χ1v) is 6.63. The fourth-order valence-corrected chi connectivity index (χ4v) is 2.78. The topological polar surface area (TPSA) is 32.3 Å². The summed E-state index contributed by atoms with van der Waals surface area (Å²) in [5.74, 6) is 0.246. The largest absolute Gasteiger partial charge is 0.317 e. The smallest absolute Gasteiger partial charge is 0.186 e. The van der Waals surface area contributed by atoms with Crippen LogP contribution in [-0.2, 0) is 0 Å². The van der Waals surface area contributed by atoms with E-state index in [9.17, 15) is 4.79 Å². The van der Waals surface area contributed by atoms with Gasteiger partial charge in [-0.15, -0.1) is 11.3 Å². The fourth-order valence-electron chi connectivity index (χ4n) is 2.12. The first kappa shape index (κ1) is 11.8. The number of nitrogens with one attached hydrogen (secondary N) is 1. The Kier molecular flexibility index (Phi) is 4.09. The van der Waals surface area contributed by atoms with Gasteiger partial charge in [-0.1, -0.05) is 6.07 Å². The van der Waals surface area contributed by atoms with E-state index >= 15 is 0 Å². The Morgan fingerprint density at radius 2 is 2.31 bits per heavy atom. The van der Waals surface area contributed by atoms with Crippen molar-refractivity contribution in [3.05, 3.63) is 22.4 Å². The van der Waals surface area contributed by atoms with Crippen molar-refractivity contribution in [2.24, 2.45) is 0 Å². The van der Waals surface area contributed by atoms with Crippen LogP contribution in [0.3, 0.4) is 0 Å². The molecular weight excluding hydrogens is 220 g/mol. The Morgan fingerprint density at radius 3 is 2.94 bits per heavy atom. The first-order chi connectivity index (χ1) is 7.77. The second-order valence-electron chi connectivity index (χ2n) is 4.30. The van der Waals surface area contributed by atoms with Gasteiger partial charge in [0.15, 0.2) is 5.78 Å². The van der Waals surface area contributed by atoms with E-state index in [-0.39, 0.29) is 5.78 Å². The summed E-state index contributed by atoms with van der Waals surface area (Å²) in [7, 11) is 2.06. The average Bonchev–Trinajstić information content (AvgIpc) is 2.83. The van der Waals surface area contributed by atoms with Crippen LogP contribution < -0.4 is 5.32 Å². The van der Waals surface area contributed by atoms with Crippen LogP contribution >= 0.6 is 11.3 Å². The minimum Gasteiger partial charge on any atom is -0.317 e. The molecule has 0 aromatic carbocycles. The molecule has 16 heavy (non-hydrogen) atoms. The molecule has 0 saturated carbocycles. The van der Waals surface area contributed by atoms with Crippen molar-refractivity contribution in [3.8, 4) is 0 Å². The molecule has 0 radical (unpaired) electrons. The lowest BCUT2D eigenvalue weighted by Gasteiger charge is -2.30. The van der Waals surface area contributed by atoms with Gasteiger partial charge in [0.1, 0.15) is 0 Å². The third kappa shape index (κ3) is 2.90. The summed E-state index contributed by atoms with van der Waals surface area (Å²) in [6.45, 7) is 2.69. The van der Waals surface area contributed by atoms with Crippen LogP contribution in [0.25, 0.3) is 0 Å². The van der Waals surface area contributed by atoms with E-state index in [0.717, 1.165) is 30.8 Å². The Morgan fingerprint density at radius 1 is 1.56 bits per heavy atom. The average molecular weight is 238 g/mol. The summed E-state index contributed by atoms with van der Waals surface area (Å²) < 4.78 is 0. The van der Waals surface area contributed by atoms with Gasteiger partial charge in [0, 0.05) is 6.04 Å². The molecule has 0 unspecified atom stereocenters. The van der Waals surface area contributed by atoms with Gasteiger partial charge < -0.3 is 5.32 Å². The summed E-state index contributed by atoms with van der Waals surface area (Å²) in [5, 5.41) is 5.30. The molecule has 1 aromatic rings. The van der Waals surface area contributed by atoms with Crippen LogP contribution in [0.4, 0.5) is 0 Å². The third-order valence-corrected chi connectivity index (χ3v) is 4.03. The van der Waals surface area contributed by atoms with Crippen LogP contribution in [0.15, 0.2) is 17.5 Å². The summed E-state index contributed by atoms with van der Waals surface area (Å²) >= 11 is 1.53. The normalized spacial score (nSPS) is 17.9. The number of likely N-dealkylation sites (N-methyl/N-ethyl adjacent to an activating group) is 1. The second-order valence-corrected chi connectivity index (χ2v) is 5.24. The molecule has 4 heteroatoms. The van der Waals surface area contributed by atoms with Gasteiger partial charge in [0.2, 0.25) is 0 Å². The number of thiophene rings is 1. The highest BCUT2D eigenvalue weighted by Gasteiger charge is 2.20. The quantitative estimate of drug-likeness (QED) is 0.809. The monoisotopic (exact) mass is 238 g/mol. The molecule has 2 heterocycles. The van der Waals surface area contributed by atoms with Crippen LogP contribution in [-0.4, -0.2) is 43.4 Å². The highest BCUT2D eigenvalue weighted by atomic mass is 32.1. The van der Waals surface area contributed by atoms with Crippen molar-refractivity contribution in [2.75, 3.05) is 26.7 Å². The molecule has 0 aliphatic carbocycles. The molecular formula is C12H18N2OS. The predicted molar refractivity (Wildman–Crippen MR) is 67.2 cm³/mol. The van der Waals surface area contributed by atoms with Crippen molar-refractivity contribution in [3.63, 3.8) is 0 Å². The molecule has 3 nitrogen and oxygen atoms in total. The van der Waals surface area contributed by atoms with Gasteiger partial charge in [-0.3, -0.25) is 9.69 Å².